The zero-order chi connectivity index (χ0) is 16.8. The third kappa shape index (κ3) is 4.54. The van der Waals surface area contributed by atoms with Crippen molar-refractivity contribution in [3.63, 3.8) is 0 Å². The van der Waals surface area contributed by atoms with Gasteiger partial charge in [-0.1, -0.05) is 49.1 Å². The number of aromatic nitrogens is 2. The topological polar surface area (TPSA) is 66.9 Å². The Morgan fingerprint density at radius 2 is 1.92 bits per heavy atom. The number of amides is 1. The molecule has 2 N–H and O–H groups in total. The number of carbonyl (C=O) groups is 1. The van der Waals surface area contributed by atoms with Gasteiger partial charge in [0.05, 0.1) is 5.56 Å². The Kier molecular flexibility index (Phi) is 5.41. The smallest absolute Gasteiger partial charge is 0.254 e. The van der Waals surface area contributed by atoms with Gasteiger partial charge in [-0.15, -0.1) is 0 Å². The van der Waals surface area contributed by atoms with Crippen LogP contribution in [0.1, 0.15) is 53.6 Å². The summed E-state index contributed by atoms with van der Waals surface area (Å²) in [5, 5.41) is 6.26. The van der Waals surface area contributed by atoms with Gasteiger partial charge >= 0.3 is 0 Å². The molecule has 126 valence electrons. The highest BCUT2D eigenvalue weighted by Crippen LogP contribution is 2.20. The van der Waals surface area contributed by atoms with Crippen molar-refractivity contribution in [2.75, 3.05) is 5.32 Å². The summed E-state index contributed by atoms with van der Waals surface area (Å²) in [6, 6.07) is 8.55. The maximum atomic E-state index is 12.2. The molecule has 3 rings (SSSR count). The van der Waals surface area contributed by atoms with Gasteiger partial charge in [0.15, 0.2) is 0 Å². The fourth-order valence-electron chi connectivity index (χ4n) is 3.06. The van der Waals surface area contributed by atoms with Crippen molar-refractivity contribution in [2.24, 2.45) is 0 Å². The Bertz CT molecular complexity index is 678. The first-order valence-electron chi connectivity index (χ1n) is 8.63. The molecule has 5 heteroatoms. The Morgan fingerprint density at radius 1 is 1.17 bits per heavy atom. The molecule has 1 fully saturated rings. The summed E-state index contributed by atoms with van der Waals surface area (Å²) < 4.78 is 0. The summed E-state index contributed by atoms with van der Waals surface area (Å²) in [6.07, 6.45) is 9.35. The lowest BCUT2D eigenvalue weighted by Gasteiger charge is -2.22. The molecule has 0 atom stereocenters. The number of nitrogens with one attached hydrogen (secondary N) is 2. The minimum absolute atomic E-state index is 0.152. The minimum Gasteiger partial charge on any atom is -0.351 e. The lowest BCUT2D eigenvalue weighted by Crippen LogP contribution is -2.25. The van der Waals surface area contributed by atoms with E-state index in [1.165, 1.54) is 37.7 Å². The third-order valence-corrected chi connectivity index (χ3v) is 4.39. The molecule has 0 unspecified atom stereocenters. The molecule has 1 aromatic carbocycles. The monoisotopic (exact) mass is 324 g/mol. The van der Waals surface area contributed by atoms with E-state index in [4.69, 9.17) is 0 Å². The van der Waals surface area contributed by atoms with Crippen LogP contribution >= 0.6 is 0 Å². The zero-order valence-corrected chi connectivity index (χ0v) is 14.1. The van der Waals surface area contributed by atoms with Crippen LogP contribution in [0, 0.1) is 6.92 Å². The van der Waals surface area contributed by atoms with Crippen molar-refractivity contribution in [1.82, 2.24) is 15.3 Å². The van der Waals surface area contributed by atoms with E-state index in [2.05, 4.69) is 26.7 Å². The maximum Gasteiger partial charge on any atom is 0.254 e. The van der Waals surface area contributed by atoms with E-state index >= 15 is 0 Å². The minimum atomic E-state index is -0.152. The van der Waals surface area contributed by atoms with Crippen molar-refractivity contribution in [3.8, 4) is 0 Å². The Morgan fingerprint density at radius 3 is 2.62 bits per heavy atom. The molecule has 1 amide bonds. The highest BCUT2D eigenvalue weighted by Gasteiger charge is 2.14. The van der Waals surface area contributed by atoms with Gasteiger partial charge in [0.1, 0.15) is 0 Å². The van der Waals surface area contributed by atoms with Gasteiger partial charge in [0, 0.05) is 25.0 Å². The van der Waals surface area contributed by atoms with Crippen molar-refractivity contribution in [1.29, 1.82) is 0 Å². The summed E-state index contributed by atoms with van der Waals surface area (Å²) in [5.41, 5.74) is 2.75. The van der Waals surface area contributed by atoms with E-state index in [0.717, 1.165) is 5.56 Å². The van der Waals surface area contributed by atoms with Gasteiger partial charge in [0.25, 0.3) is 5.91 Å². The Labute approximate surface area is 142 Å². The van der Waals surface area contributed by atoms with Gasteiger partial charge in [-0.25, -0.2) is 9.97 Å². The molecule has 1 aliphatic carbocycles. The van der Waals surface area contributed by atoms with Crippen molar-refractivity contribution in [2.45, 2.75) is 51.6 Å². The van der Waals surface area contributed by atoms with Crippen LogP contribution in [-0.2, 0) is 6.54 Å². The predicted octanol–water partition coefficient (Wildman–Crippen LogP) is 3.46. The van der Waals surface area contributed by atoms with E-state index in [9.17, 15) is 4.79 Å². The molecule has 0 aliphatic heterocycles. The highest BCUT2D eigenvalue weighted by molar-refractivity contribution is 5.93. The summed E-state index contributed by atoms with van der Waals surface area (Å²) in [6.45, 7) is 2.54. The van der Waals surface area contributed by atoms with Gasteiger partial charge in [-0.3, -0.25) is 4.79 Å². The summed E-state index contributed by atoms with van der Waals surface area (Å²) in [5.74, 6) is 0.456. The number of anilines is 1. The Balaban J connectivity index is 1.53. The van der Waals surface area contributed by atoms with Gasteiger partial charge < -0.3 is 10.6 Å². The SMILES string of the molecule is Cc1cccc(CNC(=O)c2cnc(NC3CCCCC3)nc2)c1. The van der Waals surface area contributed by atoms with Crippen LogP contribution < -0.4 is 10.6 Å². The second kappa shape index (κ2) is 7.90. The second-order valence-corrected chi connectivity index (χ2v) is 6.45. The lowest BCUT2D eigenvalue weighted by atomic mass is 9.96. The quantitative estimate of drug-likeness (QED) is 0.884. The number of hydrogen-bond acceptors (Lipinski definition) is 4. The molecule has 0 spiro atoms. The molecule has 1 saturated carbocycles. The van der Waals surface area contributed by atoms with Crippen molar-refractivity contribution in [3.05, 3.63) is 53.3 Å². The molecule has 0 bridgehead atoms. The number of benzene rings is 1. The van der Waals surface area contributed by atoms with Crippen molar-refractivity contribution < 1.29 is 4.79 Å². The highest BCUT2D eigenvalue weighted by atomic mass is 16.1. The van der Waals surface area contributed by atoms with E-state index in [1.54, 1.807) is 12.4 Å². The van der Waals surface area contributed by atoms with E-state index in [1.807, 2.05) is 25.1 Å². The predicted molar refractivity (Wildman–Crippen MR) is 94.9 cm³/mol. The number of hydrogen-bond donors (Lipinski definition) is 2. The zero-order valence-electron chi connectivity index (χ0n) is 14.1. The van der Waals surface area contributed by atoms with Crippen LogP contribution in [-0.4, -0.2) is 21.9 Å². The molecule has 5 nitrogen and oxygen atoms in total. The maximum absolute atomic E-state index is 12.2. The number of carbonyl (C=O) groups excluding carboxylic acids is 1. The molecule has 0 radical (unpaired) electrons. The first-order valence-corrected chi connectivity index (χ1v) is 8.63. The van der Waals surface area contributed by atoms with Crippen LogP contribution in [0.4, 0.5) is 5.95 Å². The summed E-state index contributed by atoms with van der Waals surface area (Å²) >= 11 is 0. The standard InChI is InChI=1S/C19H24N4O/c1-14-6-5-7-15(10-14)11-20-18(24)16-12-21-19(22-13-16)23-17-8-3-2-4-9-17/h5-7,10,12-13,17H,2-4,8-9,11H2,1H3,(H,20,24)(H,21,22,23). The first-order chi connectivity index (χ1) is 11.7. The average Bonchev–Trinajstić information content (AvgIpc) is 2.61. The van der Waals surface area contributed by atoms with E-state index in [-0.39, 0.29) is 5.91 Å². The van der Waals surface area contributed by atoms with Crippen molar-refractivity contribution >= 4 is 11.9 Å². The fourth-order valence-corrected chi connectivity index (χ4v) is 3.06. The normalized spacial score (nSPS) is 15.0. The van der Waals surface area contributed by atoms with Gasteiger partial charge in [0.2, 0.25) is 5.95 Å². The molecule has 2 aromatic rings. The lowest BCUT2D eigenvalue weighted by molar-refractivity contribution is 0.0950. The Hall–Kier alpha value is -2.43. The molecule has 0 saturated heterocycles. The largest absolute Gasteiger partial charge is 0.351 e. The average molecular weight is 324 g/mol. The molecular weight excluding hydrogens is 300 g/mol. The molecule has 1 heterocycles. The van der Waals surface area contributed by atoms with Crippen LogP contribution in [0.25, 0.3) is 0 Å². The first kappa shape index (κ1) is 16.4. The number of rotatable bonds is 5. The second-order valence-electron chi connectivity index (χ2n) is 6.45. The molecule has 24 heavy (non-hydrogen) atoms. The number of aryl methyl sites for hydroxylation is 1. The van der Waals surface area contributed by atoms with Crippen LogP contribution in [0.5, 0.6) is 0 Å². The summed E-state index contributed by atoms with van der Waals surface area (Å²) in [7, 11) is 0. The van der Waals surface area contributed by atoms with E-state index in [0.29, 0.717) is 24.1 Å². The molecular formula is C19H24N4O. The molecule has 1 aromatic heterocycles. The molecule has 1 aliphatic rings. The van der Waals surface area contributed by atoms with E-state index < -0.39 is 0 Å². The van der Waals surface area contributed by atoms with Gasteiger partial charge in [-0.2, -0.15) is 0 Å². The fraction of sp³-hybridized carbons (Fsp3) is 0.421. The van der Waals surface area contributed by atoms with Crippen LogP contribution in [0.15, 0.2) is 36.7 Å². The van der Waals surface area contributed by atoms with Crippen LogP contribution in [0.2, 0.25) is 0 Å². The number of nitrogens with zero attached hydrogens (tertiary/aromatic N) is 2. The third-order valence-electron chi connectivity index (χ3n) is 4.39. The summed E-state index contributed by atoms with van der Waals surface area (Å²) in [4.78, 5) is 20.8. The van der Waals surface area contributed by atoms with Gasteiger partial charge in [-0.05, 0) is 25.3 Å². The van der Waals surface area contributed by atoms with Crippen LogP contribution in [0.3, 0.4) is 0 Å².